The van der Waals surface area contributed by atoms with Gasteiger partial charge in [-0.1, -0.05) is 54.6 Å². The van der Waals surface area contributed by atoms with Crippen molar-refractivity contribution >= 4 is 8.53 Å². The molecule has 0 radical (unpaired) electrons. The summed E-state index contributed by atoms with van der Waals surface area (Å²) in [7, 11) is 0.973. The van der Waals surface area contributed by atoms with Crippen LogP contribution in [0.4, 0.5) is 0 Å². The van der Waals surface area contributed by atoms with Crippen molar-refractivity contribution in [2.75, 3.05) is 20.8 Å². The van der Waals surface area contributed by atoms with Crippen molar-refractivity contribution in [1.29, 1.82) is 5.26 Å². The SMILES string of the molecule is COc1ccc(C(OC[C@H]2O[C@@](CCC#N)(n3cc(C)c(=O)[nH]c3=O)C[C@@H]2OP(O)NN(C(C)C)C(C)C)(c2ccccc2)c2ccc(OC)cc2)cc1. The molecular weight excluding hydrogens is 709 g/mol. The molecule has 4 atom stereocenters. The number of aromatic nitrogens is 2. The Morgan fingerprint density at radius 1 is 0.981 bits per heavy atom. The Labute approximate surface area is 317 Å². The van der Waals surface area contributed by atoms with Gasteiger partial charge in [0.1, 0.15) is 23.2 Å². The summed E-state index contributed by atoms with van der Waals surface area (Å²) in [6.07, 6.45) is -0.0339. The molecule has 14 heteroatoms. The largest absolute Gasteiger partial charge is 0.497 e. The van der Waals surface area contributed by atoms with Gasteiger partial charge in [0.05, 0.1) is 33.0 Å². The molecular formula is C40H50N5O8P. The first-order valence-electron chi connectivity index (χ1n) is 17.9. The van der Waals surface area contributed by atoms with Gasteiger partial charge in [-0.05, 0) is 75.6 Å². The molecule has 5 rings (SSSR count). The summed E-state index contributed by atoms with van der Waals surface area (Å²) in [5, 5.41) is 14.7. The molecule has 1 aliphatic rings. The van der Waals surface area contributed by atoms with Crippen molar-refractivity contribution in [3.05, 3.63) is 128 Å². The average molecular weight is 760 g/mol. The zero-order valence-corrected chi connectivity index (χ0v) is 32.7. The lowest BCUT2D eigenvalue weighted by Crippen LogP contribution is -2.45. The van der Waals surface area contributed by atoms with E-state index in [9.17, 15) is 19.7 Å². The van der Waals surface area contributed by atoms with Crippen molar-refractivity contribution in [2.45, 2.75) is 89.5 Å². The second kappa shape index (κ2) is 17.8. The van der Waals surface area contributed by atoms with Gasteiger partial charge in [0, 0.05) is 43.1 Å². The van der Waals surface area contributed by atoms with Crippen molar-refractivity contribution in [1.82, 2.24) is 19.8 Å². The number of aryl methyl sites for hydroxylation is 1. The number of ether oxygens (including phenoxy) is 4. The maximum absolute atomic E-state index is 13.4. The van der Waals surface area contributed by atoms with E-state index < -0.39 is 43.3 Å². The lowest BCUT2D eigenvalue weighted by Gasteiger charge is -2.38. The highest BCUT2D eigenvalue weighted by Crippen LogP contribution is 2.47. The van der Waals surface area contributed by atoms with Crippen molar-refractivity contribution in [3.63, 3.8) is 0 Å². The fourth-order valence-electron chi connectivity index (χ4n) is 7.01. The van der Waals surface area contributed by atoms with Crippen LogP contribution in [0.5, 0.6) is 11.5 Å². The summed E-state index contributed by atoms with van der Waals surface area (Å²) < 4.78 is 32.8. The normalized spacial score (nSPS) is 19.3. The number of nitriles is 1. The third kappa shape index (κ3) is 8.77. The maximum Gasteiger partial charge on any atom is 0.330 e. The van der Waals surface area contributed by atoms with E-state index in [-0.39, 0.29) is 38.0 Å². The highest BCUT2D eigenvalue weighted by atomic mass is 31.2. The number of nitrogens with zero attached hydrogens (tertiary/aromatic N) is 3. The predicted octanol–water partition coefficient (Wildman–Crippen LogP) is 5.84. The molecule has 54 heavy (non-hydrogen) atoms. The quantitative estimate of drug-likeness (QED) is 0.0674. The van der Waals surface area contributed by atoms with E-state index in [0.29, 0.717) is 17.1 Å². The highest BCUT2D eigenvalue weighted by molar-refractivity contribution is 7.43. The number of hydrazine groups is 1. The van der Waals surface area contributed by atoms with Gasteiger partial charge in [-0.15, -0.1) is 0 Å². The molecule has 288 valence electrons. The van der Waals surface area contributed by atoms with Gasteiger partial charge in [0.2, 0.25) is 0 Å². The van der Waals surface area contributed by atoms with Crippen LogP contribution in [0.25, 0.3) is 0 Å². The molecule has 13 nitrogen and oxygen atoms in total. The number of methoxy groups -OCH3 is 2. The topological polar surface area (TPSA) is 160 Å². The van der Waals surface area contributed by atoms with Crippen molar-refractivity contribution in [3.8, 4) is 17.6 Å². The maximum atomic E-state index is 13.4. The number of rotatable bonds is 17. The van der Waals surface area contributed by atoms with Gasteiger partial charge in [-0.25, -0.2) is 9.80 Å². The Morgan fingerprint density at radius 3 is 2.06 bits per heavy atom. The van der Waals surface area contributed by atoms with Crippen LogP contribution in [0.1, 0.15) is 69.2 Å². The van der Waals surface area contributed by atoms with Crippen LogP contribution in [0.15, 0.2) is 94.6 Å². The average Bonchev–Trinajstić information content (AvgIpc) is 3.52. The van der Waals surface area contributed by atoms with E-state index in [2.05, 4.69) is 16.2 Å². The number of hydrogen-bond donors (Lipinski definition) is 3. The number of hydrogen-bond acceptors (Lipinski definition) is 11. The Kier molecular flexibility index (Phi) is 13.5. The first kappa shape index (κ1) is 40.8. The summed E-state index contributed by atoms with van der Waals surface area (Å²) in [4.78, 5) is 39.7. The third-order valence-electron chi connectivity index (χ3n) is 9.68. The lowest BCUT2D eigenvalue weighted by atomic mass is 9.80. The second-order valence-electron chi connectivity index (χ2n) is 13.8. The fraction of sp³-hybridized carbons (Fsp3) is 0.425. The molecule has 1 saturated heterocycles. The van der Waals surface area contributed by atoms with E-state index in [1.165, 1.54) is 10.8 Å². The van der Waals surface area contributed by atoms with E-state index in [4.69, 9.17) is 23.5 Å². The standard InChI is InChI=1S/C40H50N5O8P/c1-27(2)45(28(3)4)43-54(48)53-35-24-39(22-11-23-41,44-25-29(5)37(46)42-38(44)47)52-36(35)26-51-40(30-12-9-8-10-13-30,31-14-18-33(49-6)19-15-31)32-16-20-34(50-7)21-17-32/h8-10,12-21,25,27-28,35-36,43,48H,11,22,24,26H2,1-7H3,(H,42,46,47)/t35-,36+,39+,54?/m0/s1. The minimum atomic E-state index is -2.24. The highest BCUT2D eigenvalue weighted by Gasteiger charge is 2.51. The number of aromatic amines is 1. The molecule has 0 saturated carbocycles. The molecule has 1 aromatic heterocycles. The van der Waals surface area contributed by atoms with Crippen LogP contribution in [0.3, 0.4) is 0 Å². The monoisotopic (exact) mass is 759 g/mol. The molecule has 1 fully saturated rings. The summed E-state index contributed by atoms with van der Waals surface area (Å²) in [5.74, 6) is 1.35. The van der Waals surface area contributed by atoms with Crippen LogP contribution in [-0.2, 0) is 25.3 Å². The predicted molar refractivity (Wildman–Crippen MR) is 206 cm³/mol. The van der Waals surface area contributed by atoms with Gasteiger partial charge in [0.15, 0.2) is 5.72 Å². The number of nitrogens with one attached hydrogen (secondary N) is 2. The molecule has 0 amide bonds. The van der Waals surface area contributed by atoms with E-state index in [1.807, 2.05) is 112 Å². The minimum absolute atomic E-state index is 0.0389. The van der Waals surface area contributed by atoms with Gasteiger partial charge < -0.3 is 28.4 Å². The van der Waals surface area contributed by atoms with E-state index in [1.54, 1.807) is 21.1 Å². The molecule has 3 N–H and O–H groups in total. The van der Waals surface area contributed by atoms with Gasteiger partial charge >= 0.3 is 5.69 Å². The first-order chi connectivity index (χ1) is 25.9. The minimum Gasteiger partial charge on any atom is -0.497 e. The summed E-state index contributed by atoms with van der Waals surface area (Å²) >= 11 is 0. The van der Waals surface area contributed by atoms with Gasteiger partial charge in [-0.2, -0.15) is 10.5 Å². The van der Waals surface area contributed by atoms with Gasteiger partial charge in [-0.3, -0.25) is 14.3 Å². The lowest BCUT2D eigenvalue weighted by molar-refractivity contribution is -0.143. The Balaban J connectivity index is 1.63. The van der Waals surface area contributed by atoms with Crippen LogP contribution in [-0.4, -0.2) is 64.6 Å². The molecule has 1 aliphatic heterocycles. The molecule has 2 heterocycles. The Bertz CT molecular complexity index is 1930. The third-order valence-corrected chi connectivity index (χ3v) is 10.6. The van der Waals surface area contributed by atoms with Crippen molar-refractivity contribution in [2.24, 2.45) is 0 Å². The van der Waals surface area contributed by atoms with E-state index >= 15 is 0 Å². The smallest absolute Gasteiger partial charge is 0.330 e. The van der Waals surface area contributed by atoms with Crippen LogP contribution in [0, 0.1) is 18.3 Å². The zero-order chi connectivity index (χ0) is 39.0. The molecule has 3 aromatic carbocycles. The fourth-order valence-corrected chi connectivity index (χ4v) is 8.19. The summed E-state index contributed by atoms with van der Waals surface area (Å²) in [5.41, 5.74) is -1.10. The van der Waals surface area contributed by atoms with Crippen LogP contribution < -0.4 is 25.9 Å². The molecule has 0 spiro atoms. The first-order valence-corrected chi connectivity index (χ1v) is 19.2. The summed E-state index contributed by atoms with van der Waals surface area (Å²) in [6, 6.07) is 27.3. The van der Waals surface area contributed by atoms with E-state index in [0.717, 1.165) is 16.7 Å². The van der Waals surface area contributed by atoms with Gasteiger partial charge in [0.25, 0.3) is 14.1 Å². The van der Waals surface area contributed by atoms with Crippen molar-refractivity contribution < 1.29 is 28.4 Å². The second-order valence-corrected chi connectivity index (χ2v) is 14.8. The molecule has 0 aliphatic carbocycles. The molecule has 1 unspecified atom stereocenters. The summed E-state index contributed by atoms with van der Waals surface area (Å²) in [6.45, 7) is 9.53. The Hall–Kier alpha value is -4.38. The number of benzene rings is 3. The zero-order valence-electron chi connectivity index (χ0n) is 31.8. The molecule has 4 aromatic rings. The molecule has 0 bridgehead atoms. The van der Waals surface area contributed by atoms with Crippen LogP contribution in [0.2, 0.25) is 0 Å². The number of H-pyrrole nitrogens is 1. The van der Waals surface area contributed by atoms with Crippen LogP contribution >= 0.6 is 8.53 Å². The Morgan fingerprint density at radius 2 is 1.54 bits per heavy atom.